The zero-order valence-corrected chi connectivity index (χ0v) is 31.4. The highest BCUT2D eigenvalue weighted by Gasteiger charge is 2.23. The van der Waals surface area contributed by atoms with Crippen molar-refractivity contribution in [3.05, 3.63) is 116 Å². The van der Waals surface area contributed by atoms with Crippen molar-refractivity contribution >= 4 is 11.4 Å². The van der Waals surface area contributed by atoms with Crippen molar-refractivity contribution in [1.29, 1.82) is 0 Å². The van der Waals surface area contributed by atoms with Crippen LogP contribution in [0.5, 0.6) is 11.5 Å². The highest BCUT2D eigenvalue weighted by atomic mass is 16.6. The average molecular weight is 709 g/mol. The van der Waals surface area contributed by atoms with Crippen molar-refractivity contribution in [2.24, 2.45) is 0 Å². The van der Waals surface area contributed by atoms with Crippen molar-refractivity contribution in [1.82, 2.24) is 0 Å². The standard InChI is InChI=1S/C44H56N2O6/c1-29(2)41-35-21-31-7-5-9-33-23-37-27-40(46)28-38(42(37)30(3)4)24-34-10-6-8-32(22-36(41)26-39(45)25-35)44(34)52-20-18-50-16-14-48-12-11-47-13-15-49-17-19-51-43(31)33/h5-10,25-30H,11-24,45-46H2,1-4H3. The van der Waals surface area contributed by atoms with Gasteiger partial charge in [0.15, 0.2) is 0 Å². The molecule has 0 aromatic heterocycles. The largest absolute Gasteiger partial charge is 0.491 e. The third kappa shape index (κ3) is 9.47. The minimum atomic E-state index is 0.273. The highest BCUT2D eigenvalue weighted by Crippen LogP contribution is 2.39. The molecule has 1 heterocycles. The van der Waals surface area contributed by atoms with E-state index in [0.29, 0.717) is 91.8 Å². The maximum atomic E-state index is 6.71. The molecule has 0 spiro atoms. The second kappa shape index (κ2) is 18.1. The van der Waals surface area contributed by atoms with Crippen LogP contribution in [0.2, 0.25) is 0 Å². The highest BCUT2D eigenvalue weighted by molar-refractivity contribution is 5.59. The summed E-state index contributed by atoms with van der Waals surface area (Å²) in [6.45, 7) is 13.8. The van der Waals surface area contributed by atoms with Crippen molar-refractivity contribution in [3.63, 3.8) is 0 Å². The van der Waals surface area contributed by atoms with Gasteiger partial charge in [0.1, 0.15) is 24.7 Å². The zero-order valence-electron chi connectivity index (χ0n) is 31.4. The van der Waals surface area contributed by atoms with Crippen LogP contribution in [0.3, 0.4) is 0 Å². The normalized spacial score (nSPS) is 16.7. The average Bonchev–Trinajstić information content (AvgIpc) is 3.08. The van der Waals surface area contributed by atoms with E-state index in [-0.39, 0.29) is 11.8 Å². The van der Waals surface area contributed by atoms with Crippen LogP contribution >= 0.6 is 0 Å². The molecule has 10 bridgehead atoms. The van der Waals surface area contributed by atoms with Crippen LogP contribution in [-0.2, 0) is 44.6 Å². The quantitative estimate of drug-likeness (QED) is 0.181. The Morgan fingerprint density at radius 1 is 0.404 bits per heavy atom. The molecule has 4 aromatic carbocycles. The predicted octanol–water partition coefficient (Wildman–Crippen LogP) is 7.61. The fourth-order valence-electron chi connectivity index (χ4n) is 7.87. The third-order valence-electron chi connectivity index (χ3n) is 9.85. The summed E-state index contributed by atoms with van der Waals surface area (Å²) in [5.41, 5.74) is 26.9. The molecular weight excluding hydrogens is 652 g/mol. The van der Waals surface area contributed by atoms with Gasteiger partial charge in [0, 0.05) is 37.1 Å². The summed E-state index contributed by atoms with van der Waals surface area (Å²) in [5, 5.41) is 0. The Morgan fingerprint density at radius 3 is 0.942 bits per heavy atom. The molecule has 2 aliphatic rings. The molecule has 1 aliphatic carbocycles. The van der Waals surface area contributed by atoms with Gasteiger partial charge in [-0.25, -0.2) is 0 Å². The predicted molar refractivity (Wildman–Crippen MR) is 208 cm³/mol. The lowest BCUT2D eigenvalue weighted by Crippen LogP contribution is -2.15. The van der Waals surface area contributed by atoms with Crippen LogP contribution in [0.4, 0.5) is 11.4 Å². The first-order chi connectivity index (χ1) is 25.3. The molecule has 6 rings (SSSR count). The first-order valence-corrected chi connectivity index (χ1v) is 18.9. The summed E-state index contributed by atoms with van der Waals surface area (Å²) >= 11 is 0. The Labute approximate surface area is 309 Å². The second-order valence-electron chi connectivity index (χ2n) is 14.5. The summed E-state index contributed by atoms with van der Waals surface area (Å²) in [7, 11) is 0. The van der Waals surface area contributed by atoms with Gasteiger partial charge in [0.05, 0.1) is 52.9 Å². The monoisotopic (exact) mass is 708 g/mol. The molecule has 0 unspecified atom stereocenters. The lowest BCUT2D eigenvalue weighted by molar-refractivity contribution is -0.00706. The molecule has 8 nitrogen and oxygen atoms in total. The summed E-state index contributed by atoms with van der Waals surface area (Å²) < 4.78 is 36.7. The fourth-order valence-corrected chi connectivity index (χ4v) is 7.87. The number of nitrogen functional groups attached to an aromatic ring is 2. The second-order valence-corrected chi connectivity index (χ2v) is 14.5. The number of ether oxygens (including phenoxy) is 6. The molecule has 1 aliphatic heterocycles. The van der Waals surface area contributed by atoms with Gasteiger partial charge < -0.3 is 39.9 Å². The molecule has 278 valence electrons. The van der Waals surface area contributed by atoms with E-state index >= 15 is 0 Å². The van der Waals surface area contributed by atoms with Crippen molar-refractivity contribution in [3.8, 4) is 11.5 Å². The van der Waals surface area contributed by atoms with Crippen LogP contribution in [0, 0.1) is 0 Å². The molecule has 4 N–H and O–H groups in total. The number of hydrogen-bond donors (Lipinski definition) is 2. The van der Waals surface area contributed by atoms with Gasteiger partial charge >= 0.3 is 0 Å². The van der Waals surface area contributed by atoms with Gasteiger partial charge in [-0.1, -0.05) is 64.1 Å². The topological polar surface area (TPSA) is 107 Å². The van der Waals surface area contributed by atoms with Gasteiger partial charge in [0.25, 0.3) is 0 Å². The Balaban J connectivity index is 1.53. The van der Waals surface area contributed by atoms with Crippen LogP contribution in [-0.4, -0.2) is 66.1 Å². The van der Waals surface area contributed by atoms with Crippen LogP contribution in [0.1, 0.15) is 95.2 Å². The van der Waals surface area contributed by atoms with E-state index < -0.39 is 0 Å². The first kappa shape index (κ1) is 37.7. The number of hydrogen-bond acceptors (Lipinski definition) is 8. The van der Waals surface area contributed by atoms with E-state index in [4.69, 9.17) is 39.9 Å². The van der Waals surface area contributed by atoms with Gasteiger partial charge in [-0.3, -0.25) is 0 Å². The molecule has 0 saturated heterocycles. The number of rotatable bonds is 2. The van der Waals surface area contributed by atoms with Gasteiger partial charge in [-0.2, -0.15) is 0 Å². The minimum absolute atomic E-state index is 0.273. The molecular formula is C44H56N2O6. The number of benzene rings is 4. The summed E-state index contributed by atoms with van der Waals surface area (Å²) in [4.78, 5) is 0. The van der Waals surface area contributed by atoms with E-state index in [0.717, 1.165) is 45.1 Å². The number of anilines is 2. The van der Waals surface area contributed by atoms with Gasteiger partial charge in [-0.15, -0.1) is 0 Å². The molecule has 0 saturated carbocycles. The van der Waals surface area contributed by atoms with E-state index in [1.165, 1.54) is 33.4 Å². The van der Waals surface area contributed by atoms with Crippen molar-refractivity contribution < 1.29 is 28.4 Å². The molecule has 0 amide bonds. The number of fused-ring (bicyclic) bond motifs is 2. The number of nitrogens with two attached hydrogens (primary N) is 2. The van der Waals surface area contributed by atoms with Crippen LogP contribution in [0.25, 0.3) is 0 Å². The van der Waals surface area contributed by atoms with E-state index in [2.05, 4.69) is 88.4 Å². The van der Waals surface area contributed by atoms with Crippen LogP contribution < -0.4 is 20.9 Å². The van der Waals surface area contributed by atoms with E-state index in [9.17, 15) is 0 Å². The summed E-state index contributed by atoms with van der Waals surface area (Å²) in [6, 6.07) is 21.6. The Morgan fingerprint density at radius 2 is 0.673 bits per heavy atom. The smallest absolute Gasteiger partial charge is 0.126 e. The zero-order chi connectivity index (χ0) is 36.5. The maximum Gasteiger partial charge on any atom is 0.126 e. The van der Waals surface area contributed by atoms with Gasteiger partial charge in [0.2, 0.25) is 0 Å². The fraction of sp³-hybridized carbons (Fsp3) is 0.455. The Bertz CT molecular complexity index is 1580. The first-order valence-electron chi connectivity index (χ1n) is 18.9. The Hall–Kier alpha value is -4.08. The third-order valence-corrected chi connectivity index (χ3v) is 9.85. The van der Waals surface area contributed by atoms with E-state index in [1.54, 1.807) is 0 Å². The minimum Gasteiger partial charge on any atom is -0.491 e. The molecule has 52 heavy (non-hydrogen) atoms. The molecule has 4 aromatic rings. The summed E-state index contributed by atoms with van der Waals surface area (Å²) in [6.07, 6.45) is 2.74. The molecule has 8 heteroatoms. The maximum absolute atomic E-state index is 6.71. The molecule has 0 radical (unpaired) electrons. The molecule has 0 fully saturated rings. The van der Waals surface area contributed by atoms with Crippen molar-refractivity contribution in [2.45, 2.75) is 65.2 Å². The van der Waals surface area contributed by atoms with Crippen LogP contribution in [0.15, 0.2) is 60.7 Å². The summed E-state index contributed by atoms with van der Waals surface area (Å²) in [5.74, 6) is 2.35. The lowest BCUT2D eigenvalue weighted by atomic mass is 9.83. The molecule has 0 atom stereocenters. The van der Waals surface area contributed by atoms with E-state index in [1.807, 2.05) is 0 Å². The number of para-hydroxylation sites is 2. The lowest BCUT2D eigenvalue weighted by Gasteiger charge is -2.25. The SMILES string of the molecule is CC(C)c1c2cc(N)cc1Cc1cccc3c1OCCOCCOCCOCCOCCOc1c(cccc1Cc1cc(N)cc(c1C(C)C)C3)C2. The van der Waals surface area contributed by atoms with Gasteiger partial charge in [-0.05, 0) is 91.7 Å². The Kier molecular flexibility index (Phi) is 13.1. The van der Waals surface area contributed by atoms with Crippen molar-refractivity contribution in [2.75, 3.05) is 77.5 Å².